The number of urea groups is 1. The highest BCUT2D eigenvalue weighted by atomic mass is 16.5. The van der Waals surface area contributed by atoms with E-state index in [1.54, 1.807) is 10.8 Å². The van der Waals surface area contributed by atoms with Crippen molar-refractivity contribution in [3.63, 3.8) is 0 Å². The van der Waals surface area contributed by atoms with E-state index in [0.29, 0.717) is 49.5 Å². The third-order valence-corrected chi connectivity index (χ3v) is 6.41. The van der Waals surface area contributed by atoms with Crippen LogP contribution in [0.1, 0.15) is 32.3 Å². The second-order valence-electron chi connectivity index (χ2n) is 9.28. The monoisotopic (exact) mass is 492 g/mol. The molecule has 0 saturated carbocycles. The quantitative estimate of drug-likeness (QED) is 0.486. The minimum Gasteiger partial charge on any atom is -0.467 e. The molecule has 10 nitrogen and oxygen atoms in total. The SMILES string of the molecule is COC(=O)C(NC(=O)NC1CCN(c2nc3cccnc3n(Cc3ccccc3)c2=O)CC1)C(C)C. The van der Waals surface area contributed by atoms with Crippen LogP contribution in [0.25, 0.3) is 11.2 Å². The van der Waals surface area contributed by atoms with Crippen molar-refractivity contribution < 1.29 is 14.3 Å². The first-order chi connectivity index (χ1) is 17.4. The summed E-state index contributed by atoms with van der Waals surface area (Å²) in [6.07, 6.45) is 2.95. The van der Waals surface area contributed by atoms with Gasteiger partial charge in [-0.3, -0.25) is 9.36 Å². The van der Waals surface area contributed by atoms with Gasteiger partial charge in [-0.05, 0) is 36.5 Å². The Morgan fingerprint density at radius 2 is 1.83 bits per heavy atom. The Hall–Kier alpha value is -3.95. The Bertz CT molecular complexity index is 1270. The van der Waals surface area contributed by atoms with Crippen molar-refractivity contribution in [2.45, 2.75) is 45.3 Å². The molecule has 190 valence electrons. The average Bonchev–Trinajstić information content (AvgIpc) is 2.89. The second kappa shape index (κ2) is 11.2. The van der Waals surface area contributed by atoms with Crippen molar-refractivity contribution in [2.24, 2.45) is 5.92 Å². The lowest BCUT2D eigenvalue weighted by atomic mass is 10.0. The van der Waals surface area contributed by atoms with Crippen molar-refractivity contribution in [3.8, 4) is 0 Å². The van der Waals surface area contributed by atoms with Gasteiger partial charge in [-0.2, -0.15) is 0 Å². The van der Waals surface area contributed by atoms with Crippen molar-refractivity contribution in [1.29, 1.82) is 0 Å². The molecule has 36 heavy (non-hydrogen) atoms. The van der Waals surface area contributed by atoms with Crippen LogP contribution < -0.4 is 21.1 Å². The molecule has 1 saturated heterocycles. The Morgan fingerprint density at radius 1 is 1.11 bits per heavy atom. The van der Waals surface area contributed by atoms with E-state index in [2.05, 4.69) is 20.6 Å². The van der Waals surface area contributed by atoms with Gasteiger partial charge in [0.1, 0.15) is 11.6 Å². The summed E-state index contributed by atoms with van der Waals surface area (Å²) in [6.45, 7) is 5.22. The van der Waals surface area contributed by atoms with Crippen molar-refractivity contribution in [3.05, 3.63) is 64.6 Å². The van der Waals surface area contributed by atoms with Crippen LogP contribution in [-0.2, 0) is 16.1 Å². The topological polar surface area (TPSA) is 118 Å². The molecular weight excluding hydrogens is 460 g/mol. The lowest BCUT2D eigenvalue weighted by Crippen LogP contribution is -2.53. The summed E-state index contributed by atoms with van der Waals surface area (Å²) in [5.74, 6) is -0.185. The summed E-state index contributed by atoms with van der Waals surface area (Å²) in [5.41, 5.74) is 2.02. The lowest BCUT2D eigenvalue weighted by molar-refractivity contribution is -0.144. The third-order valence-electron chi connectivity index (χ3n) is 6.41. The fourth-order valence-corrected chi connectivity index (χ4v) is 4.41. The number of aromatic nitrogens is 3. The summed E-state index contributed by atoms with van der Waals surface area (Å²) in [5, 5.41) is 5.65. The molecule has 1 unspecified atom stereocenters. The molecule has 2 amide bonds. The number of nitrogens with zero attached hydrogens (tertiary/aromatic N) is 4. The second-order valence-corrected chi connectivity index (χ2v) is 9.28. The Kier molecular flexibility index (Phi) is 7.82. The number of rotatable bonds is 7. The molecule has 0 spiro atoms. The Labute approximate surface area is 209 Å². The molecule has 0 aliphatic carbocycles. The molecule has 1 aliphatic rings. The first-order valence-electron chi connectivity index (χ1n) is 12.2. The predicted octanol–water partition coefficient (Wildman–Crippen LogP) is 2.31. The Balaban J connectivity index is 1.47. The smallest absolute Gasteiger partial charge is 0.328 e. The van der Waals surface area contributed by atoms with Gasteiger partial charge in [0, 0.05) is 25.3 Å². The highest BCUT2D eigenvalue weighted by molar-refractivity contribution is 5.83. The largest absolute Gasteiger partial charge is 0.467 e. The van der Waals surface area contributed by atoms with Crippen molar-refractivity contribution in [1.82, 2.24) is 25.2 Å². The van der Waals surface area contributed by atoms with Crippen LogP contribution in [0.3, 0.4) is 0 Å². The van der Waals surface area contributed by atoms with Crippen LogP contribution in [0.2, 0.25) is 0 Å². The van der Waals surface area contributed by atoms with Gasteiger partial charge >= 0.3 is 12.0 Å². The minimum atomic E-state index is -0.714. The average molecular weight is 493 g/mol. The zero-order valence-electron chi connectivity index (χ0n) is 20.8. The number of methoxy groups -OCH3 is 1. The van der Waals surface area contributed by atoms with E-state index in [9.17, 15) is 14.4 Å². The number of carbonyl (C=O) groups is 2. The Morgan fingerprint density at radius 3 is 2.50 bits per heavy atom. The minimum absolute atomic E-state index is 0.0830. The summed E-state index contributed by atoms with van der Waals surface area (Å²) < 4.78 is 6.46. The van der Waals surface area contributed by atoms with Gasteiger partial charge in [-0.15, -0.1) is 0 Å². The van der Waals surface area contributed by atoms with Crippen LogP contribution in [0.5, 0.6) is 0 Å². The number of anilines is 1. The first kappa shape index (κ1) is 25.2. The summed E-state index contributed by atoms with van der Waals surface area (Å²) in [7, 11) is 1.30. The van der Waals surface area contributed by atoms with Gasteiger partial charge < -0.3 is 20.3 Å². The molecule has 1 aromatic carbocycles. The molecule has 2 N–H and O–H groups in total. The van der Waals surface area contributed by atoms with Crippen molar-refractivity contribution in [2.75, 3.05) is 25.1 Å². The highest BCUT2D eigenvalue weighted by Crippen LogP contribution is 2.19. The molecule has 4 rings (SSSR count). The number of amides is 2. The molecule has 1 fully saturated rings. The zero-order chi connectivity index (χ0) is 25.7. The van der Waals surface area contributed by atoms with Crippen LogP contribution in [-0.4, -0.2) is 58.8 Å². The van der Waals surface area contributed by atoms with Crippen LogP contribution >= 0.6 is 0 Å². The van der Waals surface area contributed by atoms with Gasteiger partial charge in [-0.1, -0.05) is 44.2 Å². The normalized spacial score (nSPS) is 15.1. The fraction of sp³-hybridized carbons (Fsp3) is 0.423. The molecule has 3 aromatic rings. The number of piperidine rings is 1. The number of benzene rings is 1. The highest BCUT2D eigenvalue weighted by Gasteiger charge is 2.28. The molecule has 2 aromatic heterocycles. The number of pyridine rings is 1. The molecule has 1 aliphatic heterocycles. The number of hydrogen-bond donors (Lipinski definition) is 2. The molecule has 0 radical (unpaired) electrons. The summed E-state index contributed by atoms with van der Waals surface area (Å²) >= 11 is 0. The van der Waals surface area contributed by atoms with Crippen molar-refractivity contribution >= 4 is 29.0 Å². The number of hydrogen-bond acceptors (Lipinski definition) is 7. The fourth-order valence-electron chi connectivity index (χ4n) is 4.41. The van der Waals surface area contributed by atoms with Crippen LogP contribution in [0.15, 0.2) is 53.5 Å². The molecule has 1 atom stereocenters. The van der Waals surface area contributed by atoms with Crippen LogP contribution in [0, 0.1) is 5.92 Å². The number of ether oxygens (including phenoxy) is 1. The van der Waals surface area contributed by atoms with Crippen LogP contribution in [0.4, 0.5) is 10.6 Å². The number of nitrogens with one attached hydrogen (secondary N) is 2. The van der Waals surface area contributed by atoms with E-state index in [0.717, 1.165) is 5.56 Å². The van der Waals surface area contributed by atoms with E-state index >= 15 is 0 Å². The van der Waals surface area contributed by atoms with E-state index in [1.807, 2.05) is 61.2 Å². The number of fused-ring (bicyclic) bond motifs is 1. The molecule has 0 bridgehead atoms. The molecule has 3 heterocycles. The van der Waals surface area contributed by atoms with E-state index < -0.39 is 18.0 Å². The van der Waals surface area contributed by atoms with Gasteiger partial charge in [0.15, 0.2) is 11.5 Å². The maximum Gasteiger partial charge on any atom is 0.328 e. The third kappa shape index (κ3) is 5.64. The number of esters is 1. The number of carbonyl (C=O) groups excluding carboxylic acids is 2. The maximum atomic E-state index is 13.5. The van der Waals surface area contributed by atoms with E-state index in [-0.39, 0.29) is 17.5 Å². The van der Waals surface area contributed by atoms with Gasteiger partial charge in [-0.25, -0.2) is 19.6 Å². The standard InChI is InChI=1S/C26H32N6O4/c1-17(2)21(25(34)36-3)30-26(35)28-19-11-14-31(15-12-19)23-24(33)32(16-18-8-5-4-6-9-18)22-20(29-23)10-7-13-27-22/h4-10,13,17,19,21H,11-12,14-16H2,1-3H3,(H2,28,30,35). The van der Waals surface area contributed by atoms with E-state index in [1.165, 1.54) is 7.11 Å². The van der Waals surface area contributed by atoms with Gasteiger partial charge in [0.2, 0.25) is 0 Å². The lowest BCUT2D eigenvalue weighted by Gasteiger charge is -2.33. The zero-order valence-corrected chi connectivity index (χ0v) is 20.8. The summed E-state index contributed by atoms with van der Waals surface area (Å²) in [6, 6.07) is 12.3. The maximum absolute atomic E-state index is 13.5. The molecule has 10 heteroatoms. The molecular formula is C26H32N6O4. The van der Waals surface area contributed by atoms with Gasteiger partial charge in [0.05, 0.1) is 13.7 Å². The summed E-state index contributed by atoms with van der Waals surface area (Å²) in [4.78, 5) is 49.0. The van der Waals surface area contributed by atoms with Gasteiger partial charge in [0.25, 0.3) is 5.56 Å². The first-order valence-corrected chi connectivity index (χ1v) is 12.2. The van der Waals surface area contributed by atoms with E-state index in [4.69, 9.17) is 4.74 Å². The predicted molar refractivity (Wildman–Crippen MR) is 137 cm³/mol.